The summed E-state index contributed by atoms with van der Waals surface area (Å²) in [5.41, 5.74) is 2.18. The van der Waals surface area contributed by atoms with Gasteiger partial charge >= 0.3 is 0 Å². The molecule has 0 unspecified atom stereocenters. The minimum absolute atomic E-state index is 0.0817. The topological polar surface area (TPSA) is 35.6 Å². The summed E-state index contributed by atoms with van der Waals surface area (Å²) in [4.78, 5) is 17.2. The molecule has 0 bridgehead atoms. The van der Waals surface area contributed by atoms with Gasteiger partial charge in [0.05, 0.1) is 6.04 Å². The Morgan fingerprint density at radius 2 is 1.96 bits per heavy atom. The monoisotopic (exact) mass is 317 g/mol. The zero-order chi connectivity index (χ0) is 16.8. The predicted octanol–water partition coefficient (Wildman–Crippen LogP) is 2.99. The number of amides is 1. The van der Waals surface area contributed by atoms with E-state index in [1.165, 1.54) is 12.0 Å². The Kier molecular flexibility index (Phi) is 6.60. The maximum atomic E-state index is 12.5. The summed E-state index contributed by atoms with van der Waals surface area (Å²) in [6, 6.07) is 8.70. The van der Waals surface area contributed by atoms with E-state index >= 15 is 0 Å². The molecule has 1 amide bonds. The van der Waals surface area contributed by atoms with Crippen LogP contribution < -0.4 is 5.32 Å². The highest BCUT2D eigenvalue weighted by atomic mass is 16.2. The number of nitrogens with one attached hydrogen (secondary N) is 1. The van der Waals surface area contributed by atoms with Crippen molar-refractivity contribution < 1.29 is 4.79 Å². The number of hydrogen-bond acceptors (Lipinski definition) is 3. The summed E-state index contributed by atoms with van der Waals surface area (Å²) in [5, 5.41) is 3.05. The van der Waals surface area contributed by atoms with Crippen LogP contribution in [0.15, 0.2) is 24.3 Å². The van der Waals surface area contributed by atoms with Crippen molar-refractivity contribution in [2.75, 3.05) is 32.5 Å². The smallest absolute Gasteiger partial charge is 0.241 e. The van der Waals surface area contributed by atoms with Crippen molar-refractivity contribution in [3.05, 3.63) is 29.8 Å². The van der Waals surface area contributed by atoms with Crippen LogP contribution in [0.1, 0.15) is 38.7 Å². The lowest BCUT2D eigenvalue weighted by molar-refractivity contribution is -0.120. The molecule has 1 aliphatic rings. The second-order valence-corrected chi connectivity index (χ2v) is 6.80. The molecule has 23 heavy (non-hydrogen) atoms. The molecule has 1 aliphatic heterocycles. The van der Waals surface area contributed by atoms with Gasteiger partial charge in [-0.05, 0) is 70.9 Å². The van der Waals surface area contributed by atoms with Gasteiger partial charge in [-0.25, -0.2) is 0 Å². The fourth-order valence-electron chi connectivity index (χ4n) is 3.24. The van der Waals surface area contributed by atoms with E-state index in [0.717, 1.165) is 38.0 Å². The highest BCUT2D eigenvalue weighted by Gasteiger charge is 2.25. The average molecular weight is 317 g/mol. The highest BCUT2D eigenvalue weighted by molar-refractivity contribution is 5.94. The molecule has 2 rings (SSSR count). The Balaban J connectivity index is 1.90. The van der Waals surface area contributed by atoms with Crippen molar-refractivity contribution in [1.29, 1.82) is 0 Å². The maximum Gasteiger partial charge on any atom is 0.241 e. The Bertz CT molecular complexity index is 498. The molecule has 4 nitrogen and oxygen atoms in total. The molecular formula is C19H31N3O. The van der Waals surface area contributed by atoms with Crippen molar-refractivity contribution in [3.63, 3.8) is 0 Å². The van der Waals surface area contributed by atoms with Gasteiger partial charge < -0.3 is 10.2 Å². The summed E-state index contributed by atoms with van der Waals surface area (Å²) < 4.78 is 0. The number of nitrogens with zero attached hydrogens (tertiary/aromatic N) is 2. The third-order valence-corrected chi connectivity index (χ3v) is 5.02. The van der Waals surface area contributed by atoms with Crippen molar-refractivity contribution in [2.45, 2.75) is 51.6 Å². The molecular weight excluding hydrogens is 286 g/mol. The van der Waals surface area contributed by atoms with Gasteiger partial charge in [0, 0.05) is 18.3 Å². The van der Waals surface area contributed by atoms with E-state index in [-0.39, 0.29) is 11.9 Å². The molecule has 1 saturated heterocycles. The minimum atomic E-state index is -0.0817. The fourth-order valence-corrected chi connectivity index (χ4v) is 3.24. The lowest BCUT2D eigenvalue weighted by Gasteiger charge is -2.27. The first-order chi connectivity index (χ1) is 11.0. The Morgan fingerprint density at radius 3 is 2.57 bits per heavy atom. The molecule has 0 aliphatic carbocycles. The van der Waals surface area contributed by atoms with Crippen LogP contribution in [0.25, 0.3) is 0 Å². The van der Waals surface area contributed by atoms with E-state index in [0.29, 0.717) is 6.04 Å². The third kappa shape index (κ3) is 5.05. The van der Waals surface area contributed by atoms with Crippen LogP contribution in [-0.2, 0) is 11.2 Å². The van der Waals surface area contributed by atoms with Gasteiger partial charge in [0.15, 0.2) is 0 Å². The Morgan fingerprint density at radius 1 is 1.26 bits per heavy atom. The van der Waals surface area contributed by atoms with E-state index in [2.05, 4.69) is 48.3 Å². The minimum Gasteiger partial charge on any atom is -0.325 e. The summed E-state index contributed by atoms with van der Waals surface area (Å²) in [5.74, 6) is 0.0950. The van der Waals surface area contributed by atoms with Crippen LogP contribution in [-0.4, -0.2) is 55.0 Å². The number of carbonyl (C=O) groups excluding carboxylic acids is 1. The number of carbonyl (C=O) groups is 1. The van der Waals surface area contributed by atoms with Crippen LogP contribution in [0.3, 0.4) is 0 Å². The van der Waals surface area contributed by atoms with Gasteiger partial charge in [-0.2, -0.15) is 0 Å². The fraction of sp³-hybridized carbons (Fsp3) is 0.632. The molecule has 1 heterocycles. The lowest BCUT2D eigenvalue weighted by Crippen LogP contribution is -2.43. The van der Waals surface area contributed by atoms with Gasteiger partial charge in [0.2, 0.25) is 5.91 Å². The standard InChI is InChI=1S/C19H31N3O/c1-5-16-8-10-17(11-9-16)20-19(23)15(2)22-13-6-7-18(12-14-22)21(3)4/h8-11,15,18H,5-7,12-14H2,1-4H3,(H,20,23)/t15-,18-/m0/s1. The first kappa shape index (κ1) is 18.0. The summed E-state index contributed by atoms with van der Waals surface area (Å²) in [7, 11) is 4.30. The zero-order valence-electron chi connectivity index (χ0n) is 15.0. The largest absolute Gasteiger partial charge is 0.325 e. The molecule has 0 radical (unpaired) electrons. The maximum absolute atomic E-state index is 12.5. The third-order valence-electron chi connectivity index (χ3n) is 5.02. The Hall–Kier alpha value is -1.39. The lowest BCUT2D eigenvalue weighted by atomic mass is 10.1. The predicted molar refractivity (Wildman–Crippen MR) is 96.8 cm³/mol. The SMILES string of the molecule is CCc1ccc(NC(=O)[C@H](C)N2CCC[C@H](N(C)C)CC2)cc1. The molecule has 1 aromatic rings. The average Bonchev–Trinajstić information content (AvgIpc) is 2.81. The van der Waals surface area contributed by atoms with Gasteiger partial charge in [-0.1, -0.05) is 19.1 Å². The van der Waals surface area contributed by atoms with E-state index in [9.17, 15) is 4.79 Å². The molecule has 2 atom stereocenters. The number of likely N-dealkylation sites (tertiary alicyclic amines) is 1. The van der Waals surface area contributed by atoms with Crippen molar-refractivity contribution in [1.82, 2.24) is 9.80 Å². The molecule has 4 heteroatoms. The molecule has 0 aromatic heterocycles. The molecule has 1 aromatic carbocycles. The van der Waals surface area contributed by atoms with Crippen LogP contribution in [0.4, 0.5) is 5.69 Å². The number of anilines is 1. The van der Waals surface area contributed by atoms with Crippen molar-refractivity contribution >= 4 is 11.6 Å². The quantitative estimate of drug-likeness (QED) is 0.907. The van der Waals surface area contributed by atoms with Crippen molar-refractivity contribution in [3.8, 4) is 0 Å². The van der Waals surface area contributed by atoms with E-state index < -0.39 is 0 Å². The molecule has 0 saturated carbocycles. The van der Waals surface area contributed by atoms with E-state index in [1.54, 1.807) is 0 Å². The van der Waals surface area contributed by atoms with Crippen LogP contribution in [0, 0.1) is 0 Å². The molecule has 0 spiro atoms. The molecule has 1 fully saturated rings. The summed E-state index contributed by atoms with van der Waals surface area (Å²) in [6.07, 6.45) is 4.53. The van der Waals surface area contributed by atoms with Gasteiger partial charge in [0.1, 0.15) is 0 Å². The first-order valence-corrected chi connectivity index (χ1v) is 8.81. The number of rotatable bonds is 5. The van der Waals surface area contributed by atoms with Gasteiger partial charge in [0.25, 0.3) is 0 Å². The van der Waals surface area contributed by atoms with E-state index in [1.807, 2.05) is 19.1 Å². The normalized spacial score (nSPS) is 21.0. The van der Waals surface area contributed by atoms with Crippen LogP contribution in [0.5, 0.6) is 0 Å². The van der Waals surface area contributed by atoms with Gasteiger partial charge in [-0.3, -0.25) is 9.69 Å². The van der Waals surface area contributed by atoms with Crippen molar-refractivity contribution in [2.24, 2.45) is 0 Å². The zero-order valence-corrected chi connectivity index (χ0v) is 15.0. The second-order valence-electron chi connectivity index (χ2n) is 6.80. The molecule has 128 valence electrons. The summed E-state index contributed by atoms with van der Waals surface area (Å²) >= 11 is 0. The summed E-state index contributed by atoms with van der Waals surface area (Å²) in [6.45, 7) is 6.15. The first-order valence-electron chi connectivity index (χ1n) is 8.81. The highest BCUT2D eigenvalue weighted by Crippen LogP contribution is 2.18. The van der Waals surface area contributed by atoms with Crippen LogP contribution >= 0.6 is 0 Å². The second kappa shape index (κ2) is 8.46. The van der Waals surface area contributed by atoms with Gasteiger partial charge in [-0.15, -0.1) is 0 Å². The van der Waals surface area contributed by atoms with Crippen LogP contribution in [0.2, 0.25) is 0 Å². The molecule has 1 N–H and O–H groups in total. The Labute approximate surface area is 140 Å². The number of hydrogen-bond donors (Lipinski definition) is 1. The van der Waals surface area contributed by atoms with E-state index in [4.69, 9.17) is 0 Å². The number of aryl methyl sites for hydroxylation is 1. The number of benzene rings is 1.